The van der Waals surface area contributed by atoms with Gasteiger partial charge < -0.3 is 0 Å². The molecule has 2 fully saturated rings. The molecular formula is C13H14ClN3S. The Bertz CT molecular complexity index is 499. The van der Waals surface area contributed by atoms with E-state index in [1.54, 1.807) is 12.4 Å². The van der Waals surface area contributed by atoms with E-state index in [0.717, 1.165) is 31.2 Å². The summed E-state index contributed by atoms with van der Waals surface area (Å²) in [6, 6.07) is 5.19. The van der Waals surface area contributed by atoms with Crippen molar-refractivity contribution in [2.75, 3.05) is 0 Å². The molecule has 0 aliphatic carbocycles. The van der Waals surface area contributed by atoms with Gasteiger partial charge in [-0.25, -0.2) is 4.31 Å². The Morgan fingerprint density at radius 2 is 2.06 bits per heavy atom. The van der Waals surface area contributed by atoms with Crippen molar-refractivity contribution in [2.24, 2.45) is 0 Å². The molecule has 5 heteroatoms. The van der Waals surface area contributed by atoms with Crippen LogP contribution in [0, 0.1) is 11.3 Å². The van der Waals surface area contributed by atoms with Crippen LogP contribution in [0.25, 0.3) is 0 Å². The molecule has 0 spiro atoms. The zero-order valence-electron chi connectivity index (χ0n) is 9.88. The quantitative estimate of drug-likeness (QED) is 0.804. The van der Waals surface area contributed by atoms with Crippen LogP contribution in [0.1, 0.15) is 31.2 Å². The normalized spacial score (nSPS) is 35.4. The summed E-state index contributed by atoms with van der Waals surface area (Å²) in [5.41, 5.74) is 0.513. The Morgan fingerprint density at radius 3 is 2.61 bits per heavy atom. The third kappa shape index (κ3) is 1.82. The molecule has 1 aromatic rings. The minimum Gasteiger partial charge on any atom is -0.263 e. The van der Waals surface area contributed by atoms with Crippen molar-refractivity contribution in [3.8, 4) is 6.07 Å². The number of nitrogens with zero attached hydrogens (tertiary/aromatic N) is 3. The van der Waals surface area contributed by atoms with Crippen molar-refractivity contribution in [3.63, 3.8) is 0 Å². The first-order valence-corrected chi connectivity index (χ1v) is 6.92. The topological polar surface area (TPSA) is 39.9 Å². The van der Waals surface area contributed by atoms with Gasteiger partial charge in [0.1, 0.15) is 0 Å². The van der Waals surface area contributed by atoms with Crippen LogP contribution >= 0.6 is 24.4 Å². The van der Waals surface area contributed by atoms with Gasteiger partial charge in [0.25, 0.3) is 0 Å². The predicted octanol–water partition coefficient (Wildman–Crippen LogP) is 2.97. The van der Waals surface area contributed by atoms with Crippen molar-refractivity contribution >= 4 is 24.4 Å². The van der Waals surface area contributed by atoms with E-state index in [-0.39, 0.29) is 0 Å². The molecule has 2 bridgehead atoms. The van der Waals surface area contributed by atoms with Crippen molar-refractivity contribution in [1.82, 2.24) is 9.29 Å². The predicted molar refractivity (Wildman–Crippen MR) is 73.4 cm³/mol. The number of piperidine rings is 1. The van der Waals surface area contributed by atoms with Crippen LogP contribution in [0.5, 0.6) is 0 Å². The van der Waals surface area contributed by atoms with Crippen LogP contribution in [0.3, 0.4) is 0 Å². The Balaban J connectivity index is 2.00. The summed E-state index contributed by atoms with van der Waals surface area (Å²) in [6.07, 6.45) is 7.30. The maximum atomic E-state index is 9.67. The van der Waals surface area contributed by atoms with Crippen LogP contribution in [0.15, 0.2) is 18.5 Å². The van der Waals surface area contributed by atoms with Crippen LogP contribution in [-0.4, -0.2) is 21.4 Å². The molecule has 18 heavy (non-hydrogen) atoms. The lowest BCUT2D eigenvalue weighted by molar-refractivity contribution is 0.210. The van der Waals surface area contributed by atoms with Gasteiger partial charge in [0, 0.05) is 24.5 Å². The SMILES string of the molecule is N#CC1(c2cncc(Cl)c2)CC2CCC(C1)N2S. The number of halogens is 1. The molecule has 3 nitrogen and oxygen atoms in total. The van der Waals surface area contributed by atoms with Gasteiger partial charge in [0.05, 0.1) is 16.5 Å². The van der Waals surface area contributed by atoms with Crippen LogP contribution in [0.4, 0.5) is 0 Å². The zero-order valence-corrected chi connectivity index (χ0v) is 11.5. The van der Waals surface area contributed by atoms with Gasteiger partial charge in [-0.3, -0.25) is 4.98 Å². The number of hydrogen-bond acceptors (Lipinski definition) is 4. The number of hydrogen-bond donors (Lipinski definition) is 1. The Labute approximate surface area is 117 Å². The minimum atomic E-state index is -0.442. The summed E-state index contributed by atoms with van der Waals surface area (Å²) in [7, 11) is 0. The van der Waals surface area contributed by atoms with Gasteiger partial charge in [0.15, 0.2) is 0 Å². The molecule has 0 aromatic carbocycles. The highest BCUT2D eigenvalue weighted by molar-refractivity contribution is 7.77. The fourth-order valence-electron chi connectivity index (χ4n) is 3.29. The number of aromatic nitrogens is 1. The Morgan fingerprint density at radius 1 is 1.39 bits per heavy atom. The largest absolute Gasteiger partial charge is 0.263 e. The maximum Gasteiger partial charge on any atom is 0.0868 e. The van der Waals surface area contributed by atoms with Crippen molar-refractivity contribution in [1.29, 1.82) is 5.26 Å². The molecule has 2 aliphatic rings. The van der Waals surface area contributed by atoms with Gasteiger partial charge in [-0.15, -0.1) is 0 Å². The first-order chi connectivity index (χ1) is 8.64. The molecule has 94 valence electrons. The first kappa shape index (κ1) is 12.3. The molecule has 2 atom stereocenters. The number of pyridine rings is 1. The second kappa shape index (κ2) is 4.41. The second-order valence-corrected chi connectivity index (χ2v) is 6.16. The molecule has 0 amide bonds. The molecule has 2 unspecified atom stereocenters. The summed E-state index contributed by atoms with van der Waals surface area (Å²) in [4.78, 5) is 4.13. The van der Waals surface area contributed by atoms with Crippen LogP contribution < -0.4 is 0 Å². The van der Waals surface area contributed by atoms with E-state index in [9.17, 15) is 5.26 Å². The summed E-state index contributed by atoms with van der Waals surface area (Å²) >= 11 is 10.5. The lowest BCUT2D eigenvalue weighted by Crippen LogP contribution is -2.44. The summed E-state index contributed by atoms with van der Waals surface area (Å²) in [5, 5.41) is 10.3. The van der Waals surface area contributed by atoms with E-state index in [4.69, 9.17) is 11.6 Å². The Kier molecular flexibility index (Phi) is 3.01. The standard InChI is InChI=1S/C13H14ClN3S/c14-10-3-9(6-16-7-10)13(8-15)4-11-1-2-12(5-13)17(11)18/h3,6-7,11-12,18H,1-2,4-5H2. The monoisotopic (exact) mass is 279 g/mol. The molecule has 0 radical (unpaired) electrons. The maximum absolute atomic E-state index is 9.67. The Hall–Kier alpha value is -0.760. The van der Waals surface area contributed by atoms with Crippen LogP contribution in [-0.2, 0) is 5.41 Å². The van der Waals surface area contributed by atoms with E-state index in [0.29, 0.717) is 17.1 Å². The van der Waals surface area contributed by atoms with E-state index in [1.807, 2.05) is 6.07 Å². The summed E-state index contributed by atoms with van der Waals surface area (Å²) < 4.78 is 2.13. The van der Waals surface area contributed by atoms with Crippen molar-refractivity contribution in [2.45, 2.75) is 43.2 Å². The third-order valence-electron chi connectivity index (χ3n) is 4.22. The van der Waals surface area contributed by atoms with E-state index in [1.165, 1.54) is 0 Å². The molecule has 3 rings (SSSR count). The lowest BCUT2D eigenvalue weighted by atomic mass is 9.72. The average Bonchev–Trinajstić information content (AvgIpc) is 2.62. The first-order valence-electron chi connectivity index (χ1n) is 6.14. The van der Waals surface area contributed by atoms with Crippen molar-refractivity contribution < 1.29 is 0 Å². The molecule has 1 aromatic heterocycles. The van der Waals surface area contributed by atoms with Crippen molar-refractivity contribution in [3.05, 3.63) is 29.0 Å². The number of rotatable bonds is 1. The number of fused-ring (bicyclic) bond motifs is 2. The third-order valence-corrected chi connectivity index (χ3v) is 5.08. The lowest BCUT2D eigenvalue weighted by Gasteiger charge is -2.40. The summed E-state index contributed by atoms with van der Waals surface area (Å²) in [6.45, 7) is 0. The molecule has 0 saturated carbocycles. The van der Waals surface area contributed by atoms with Gasteiger partial charge in [-0.1, -0.05) is 24.4 Å². The molecule has 3 heterocycles. The highest BCUT2D eigenvalue weighted by Crippen LogP contribution is 2.47. The number of nitriles is 1. The molecular weight excluding hydrogens is 266 g/mol. The number of thiol groups is 1. The fraction of sp³-hybridized carbons (Fsp3) is 0.538. The second-order valence-electron chi connectivity index (χ2n) is 5.26. The molecule has 2 aliphatic heterocycles. The average molecular weight is 280 g/mol. The zero-order chi connectivity index (χ0) is 12.8. The van der Waals surface area contributed by atoms with E-state index in [2.05, 4.69) is 28.2 Å². The van der Waals surface area contributed by atoms with Gasteiger partial charge >= 0.3 is 0 Å². The minimum absolute atomic E-state index is 0.394. The van der Waals surface area contributed by atoms with Crippen LogP contribution in [0.2, 0.25) is 5.02 Å². The highest BCUT2D eigenvalue weighted by Gasteiger charge is 2.48. The summed E-state index contributed by atoms with van der Waals surface area (Å²) in [5.74, 6) is 0. The van der Waals surface area contributed by atoms with E-state index < -0.39 is 5.41 Å². The van der Waals surface area contributed by atoms with E-state index >= 15 is 0 Å². The molecule has 0 N–H and O–H groups in total. The molecule has 2 saturated heterocycles. The smallest absolute Gasteiger partial charge is 0.0868 e. The van der Waals surface area contributed by atoms with Gasteiger partial charge in [-0.05, 0) is 37.3 Å². The highest BCUT2D eigenvalue weighted by atomic mass is 35.5. The fourth-order valence-corrected chi connectivity index (χ4v) is 3.86. The van der Waals surface area contributed by atoms with Gasteiger partial charge in [0.2, 0.25) is 0 Å². The van der Waals surface area contributed by atoms with Gasteiger partial charge in [-0.2, -0.15) is 5.26 Å².